The Kier molecular flexibility index (Phi) is 3.80. The molecule has 0 amide bonds. The van der Waals surface area contributed by atoms with E-state index in [1.807, 2.05) is 0 Å². The summed E-state index contributed by atoms with van der Waals surface area (Å²) in [6.45, 7) is 3.63. The van der Waals surface area contributed by atoms with Gasteiger partial charge in [0.05, 0.1) is 23.0 Å². The number of hydrogen-bond donors (Lipinski definition) is 0. The topological polar surface area (TPSA) is 57.0 Å². The summed E-state index contributed by atoms with van der Waals surface area (Å²) in [5, 5.41) is 7.59. The van der Waals surface area contributed by atoms with Gasteiger partial charge in [0.25, 0.3) is 0 Å². The van der Waals surface area contributed by atoms with Crippen molar-refractivity contribution in [3.05, 3.63) is 40.4 Å². The Morgan fingerprint density at radius 1 is 1.53 bits per heavy atom. The van der Waals surface area contributed by atoms with Gasteiger partial charge in [0.2, 0.25) is 0 Å². The average molecular weight is 284 g/mol. The van der Waals surface area contributed by atoms with E-state index in [9.17, 15) is 9.18 Å². The fourth-order valence-electron chi connectivity index (χ4n) is 1.58. The van der Waals surface area contributed by atoms with Crippen molar-refractivity contribution in [2.75, 3.05) is 6.61 Å². The molecular weight excluding hydrogens is 273 g/mol. The van der Waals surface area contributed by atoms with Crippen LogP contribution in [0.4, 0.5) is 4.39 Å². The second-order valence-electron chi connectivity index (χ2n) is 3.75. The molecule has 0 saturated heterocycles. The highest BCUT2D eigenvalue weighted by Gasteiger charge is 2.18. The van der Waals surface area contributed by atoms with Crippen LogP contribution in [0.5, 0.6) is 0 Å². The number of carbonyl (C=O) groups excluding carboxylic acids is 1. The highest BCUT2D eigenvalue weighted by atomic mass is 35.5. The van der Waals surface area contributed by atoms with E-state index in [0.29, 0.717) is 11.4 Å². The molecule has 0 unspecified atom stereocenters. The van der Waals surface area contributed by atoms with Gasteiger partial charge in [-0.25, -0.2) is 13.9 Å². The SMILES string of the molecule is CCOC(=O)c1nnn(-c2ccc(F)c(Cl)c2)c1C. The molecule has 100 valence electrons. The Bertz CT molecular complexity index is 627. The van der Waals surface area contributed by atoms with Gasteiger partial charge >= 0.3 is 5.97 Å². The lowest BCUT2D eigenvalue weighted by Crippen LogP contribution is -2.07. The third kappa shape index (κ3) is 2.58. The molecule has 1 aromatic carbocycles. The minimum Gasteiger partial charge on any atom is -0.461 e. The first-order valence-electron chi connectivity index (χ1n) is 5.59. The summed E-state index contributed by atoms with van der Waals surface area (Å²) in [6, 6.07) is 4.13. The first-order valence-corrected chi connectivity index (χ1v) is 5.97. The van der Waals surface area contributed by atoms with Gasteiger partial charge in [0, 0.05) is 0 Å². The highest BCUT2D eigenvalue weighted by Crippen LogP contribution is 2.20. The summed E-state index contributed by atoms with van der Waals surface area (Å²) < 4.78 is 19.4. The zero-order valence-electron chi connectivity index (χ0n) is 10.4. The Balaban J connectivity index is 2.41. The fourth-order valence-corrected chi connectivity index (χ4v) is 1.75. The summed E-state index contributed by atoms with van der Waals surface area (Å²) in [5.41, 5.74) is 1.15. The van der Waals surface area contributed by atoms with Gasteiger partial charge < -0.3 is 4.74 Å². The largest absolute Gasteiger partial charge is 0.461 e. The van der Waals surface area contributed by atoms with Crippen molar-refractivity contribution in [2.45, 2.75) is 13.8 Å². The molecule has 5 nitrogen and oxygen atoms in total. The third-order valence-corrected chi connectivity index (χ3v) is 2.80. The number of carbonyl (C=O) groups is 1. The van der Waals surface area contributed by atoms with Crippen LogP contribution in [0.15, 0.2) is 18.2 Å². The fraction of sp³-hybridized carbons (Fsp3) is 0.250. The first-order chi connectivity index (χ1) is 9.04. The molecule has 7 heteroatoms. The first kappa shape index (κ1) is 13.5. The van der Waals surface area contributed by atoms with E-state index in [-0.39, 0.29) is 17.3 Å². The van der Waals surface area contributed by atoms with Gasteiger partial charge in [-0.2, -0.15) is 0 Å². The molecule has 0 bridgehead atoms. The second-order valence-corrected chi connectivity index (χ2v) is 4.16. The van der Waals surface area contributed by atoms with Gasteiger partial charge in [-0.05, 0) is 32.0 Å². The Morgan fingerprint density at radius 2 is 2.26 bits per heavy atom. The monoisotopic (exact) mass is 283 g/mol. The quantitative estimate of drug-likeness (QED) is 0.812. The van der Waals surface area contributed by atoms with Crippen molar-refractivity contribution in [3.8, 4) is 5.69 Å². The number of hydrogen-bond acceptors (Lipinski definition) is 4. The summed E-state index contributed by atoms with van der Waals surface area (Å²) in [6.07, 6.45) is 0. The number of ether oxygens (including phenoxy) is 1. The van der Waals surface area contributed by atoms with Crippen LogP contribution in [0.1, 0.15) is 23.1 Å². The summed E-state index contributed by atoms with van der Waals surface area (Å²) in [4.78, 5) is 11.6. The molecule has 0 spiro atoms. The smallest absolute Gasteiger partial charge is 0.360 e. The molecule has 1 aromatic heterocycles. The molecule has 0 N–H and O–H groups in total. The normalized spacial score (nSPS) is 10.5. The number of aromatic nitrogens is 3. The van der Waals surface area contributed by atoms with Crippen molar-refractivity contribution in [1.29, 1.82) is 0 Å². The lowest BCUT2D eigenvalue weighted by Gasteiger charge is -2.04. The average Bonchev–Trinajstić information content (AvgIpc) is 2.75. The maximum atomic E-state index is 13.1. The van der Waals surface area contributed by atoms with E-state index < -0.39 is 11.8 Å². The van der Waals surface area contributed by atoms with Crippen LogP contribution in [-0.4, -0.2) is 27.6 Å². The molecular formula is C12H11ClFN3O2. The van der Waals surface area contributed by atoms with Gasteiger partial charge in [-0.3, -0.25) is 0 Å². The Morgan fingerprint density at radius 3 is 2.89 bits per heavy atom. The number of rotatable bonds is 3. The van der Waals surface area contributed by atoms with Crippen LogP contribution in [0.25, 0.3) is 5.69 Å². The van der Waals surface area contributed by atoms with Gasteiger partial charge in [-0.1, -0.05) is 16.8 Å². The molecule has 0 aliphatic rings. The summed E-state index contributed by atoms with van der Waals surface area (Å²) in [7, 11) is 0. The Labute approximate surface area is 113 Å². The predicted octanol–water partition coefficient (Wildman–Crippen LogP) is 2.54. The third-order valence-electron chi connectivity index (χ3n) is 2.51. The zero-order valence-corrected chi connectivity index (χ0v) is 11.1. The van der Waals surface area contributed by atoms with Gasteiger partial charge in [0.15, 0.2) is 5.69 Å². The maximum absolute atomic E-state index is 13.1. The maximum Gasteiger partial charge on any atom is 0.360 e. The van der Waals surface area contributed by atoms with Crippen molar-refractivity contribution >= 4 is 17.6 Å². The van der Waals surface area contributed by atoms with Crippen molar-refractivity contribution in [3.63, 3.8) is 0 Å². The number of esters is 1. The van der Waals surface area contributed by atoms with E-state index in [0.717, 1.165) is 0 Å². The molecule has 0 fully saturated rings. The van der Waals surface area contributed by atoms with Crippen LogP contribution < -0.4 is 0 Å². The van der Waals surface area contributed by atoms with Crippen LogP contribution in [-0.2, 0) is 4.74 Å². The molecule has 0 radical (unpaired) electrons. The Hall–Kier alpha value is -1.95. The van der Waals surface area contributed by atoms with Crippen LogP contribution in [0.3, 0.4) is 0 Å². The van der Waals surface area contributed by atoms with Gasteiger partial charge in [0.1, 0.15) is 5.82 Å². The summed E-state index contributed by atoms with van der Waals surface area (Å²) in [5.74, 6) is -1.06. The minimum absolute atomic E-state index is 0.0231. The van der Waals surface area contributed by atoms with E-state index in [1.54, 1.807) is 13.8 Å². The molecule has 0 aliphatic carbocycles. The lowest BCUT2D eigenvalue weighted by molar-refractivity contribution is 0.0518. The van der Waals surface area contributed by atoms with Crippen LogP contribution >= 0.6 is 11.6 Å². The van der Waals surface area contributed by atoms with E-state index >= 15 is 0 Å². The number of halogens is 2. The molecule has 1 heterocycles. The molecule has 2 rings (SSSR count). The molecule has 0 aliphatic heterocycles. The van der Waals surface area contributed by atoms with E-state index in [2.05, 4.69) is 10.3 Å². The molecule has 0 atom stereocenters. The highest BCUT2D eigenvalue weighted by molar-refractivity contribution is 6.30. The molecule has 2 aromatic rings. The van der Waals surface area contributed by atoms with E-state index in [4.69, 9.17) is 16.3 Å². The van der Waals surface area contributed by atoms with Crippen molar-refractivity contribution in [1.82, 2.24) is 15.0 Å². The summed E-state index contributed by atoms with van der Waals surface area (Å²) >= 11 is 5.71. The van der Waals surface area contributed by atoms with Gasteiger partial charge in [-0.15, -0.1) is 5.10 Å². The molecule has 0 saturated carbocycles. The van der Waals surface area contributed by atoms with Crippen LogP contribution in [0, 0.1) is 12.7 Å². The minimum atomic E-state index is -0.542. The number of nitrogens with zero attached hydrogens (tertiary/aromatic N) is 3. The van der Waals surface area contributed by atoms with E-state index in [1.165, 1.54) is 22.9 Å². The van der Waals surface area contributed by atoms with Crippen molar-refractivity contribution in [2.24, 2.45) is 0 Å². The second kappa shape index (κ2) is 5.36. The van der Waals surface area contributed by atoms with Crippen LogP contribution in [0.2, 0.25) is 5.02 Å². The number of benzene rings is 1. The lowest BCUT2D eigenvalue weighted by atomic mass is 10.3. The van der Waals surface area contributed by atoms with Crippen molar-refractivity contribution < 1.29 is 13.9 Å². The standard InChI is InChI=1S/C12H11ClFN3O2/c1-3-19-12(18)11-7(2)17(16-15-11)8-4-5-10(14)9(13)6-8/h4-6H,3H2,1-2H3. The predicted molar refractivity (Wildman–Crippen MR) is 67.0 cm³/mol. The zero-order chi connectivity index (χ0) is 14.0. The molecule has 19 heavy (non-hydrogen) atoms.